The molecule has 90 valence electrons. The Hall–Kier alpha value is -2.37. The van der Waals surface area contributed by atoms with Crippen LogP contribution < -0.4 is 5.32 Å². The summed E-state index contributed by atoms with van der Waals surface area (Å²) in [6.07, 6.45) is 4.18. The summed E-state index contributed by atoms with van der Waals surface area (Å²) in [5.41, 5.74) is 0.361. The largest absolute Gasteiger partial charge is 0.478 e. The highest BCUT2D eigenvalue weighted by Crippen LogP contribution is 2.09. The summed E-state index contributed by atoms with van der Waals surface area (Å²) in [4.78, 5) is 27.4. The first-order valence-electron chi connectivity index (χ1n) is 4.86. The fourth-order valence-corrected chi connectivity index (χ4v) is 1.12. The van der Waals surface area contributed by atoms with Gasteiger partial charge in [-0.2, -0.15) is 0 Å². The van der Waals surface area contributed by atoms with Crippen LogP contribution in [0.2, 0.25) is 0 Å². The third-order valence-electron chi connectivity index (χ3n) is 1.99. The number of anilines is 1. The number of rotatable bonds is 4. The lowest BCUT2D eigenvalue weighted by Gasteiger charge is -2.15. The van der Waals surface area contributed by atoms with Crippen molar-refractivity contribution >= 4 is 17.7 Å². The van der Waals surface area contributed by atoms with Crippen molar-refractivity contribution in [2.45, 2.75) is 0 Å². The Bertz CT molecular complexity index is 445. The molecule has 17 heavy (non-hydrogen) atoms. The van der Waals surface area contributed by atoms with Gasteiger partial charge in [-0.25, -0.2) is 9.59 Å². The molecule has 0 aliphatic heterocycles. The van der Waals surface area contributed by atoms with E-state index < -0.39 is 5.97 Å². The summed E-state index contributed by atoms with van der Waals surface area (Å²) < 4.78 is 0. The summed E-state index contributed by atoms with van der Waals surface area (Å²) >= 11 is 0. The van der Waals surface area contributed by atoms with Crippen molar-refractivity contribution in [1.29, 1.82) is 0 Å². The highest BCUT2D eigenvalue weighted by atomic mass is 16.4. The summed E-state index contributed by atoms with van der Waals surface area (Å²) in [7, 11) is 1.60. The molecule has 0 radical (unpaired) electrons. The summed E-state index contributed by atoms with van der Waals surface area (Å²) in [6.45, 7) is 3.92. The van der Waals surface area contributed by atoms with Gasteiger partial charge in [0.25, 0.3) is 0 Å². The molecule has 2 amide bonds. The predicted molar refractivity (Wildman–Crippen MR) is 63.0 cm³/mol. The molecule has 1 heterocycles. The molecular formula is C11H13N3O3. The molecule has 1 rings (SSSR count). The molecule has 0 aromatic carbocycles. The maximum atomic E-state index is 11.6. The molecule has 0 fully saturated rings. The van der Waals surface area contributed by atoms with Crippen molar-refractivity contribution in [1.82, 2.24) is 9.88 Å². The van der Waals surface area contributed by atoms with Gasteiger partial charge >= 0.3 is 12.0 Å². The number of carbonyl (C=O) groups is 2. The van der Waals surface area contributed by atoms with E-state index in [0.717, 1.165) is 0 Å². The van der Waals surface area contributed by atoms with Gasteiger partial charge in [0.2, 0.25) is 0 Å². The third kappa shape index (κ3) is 3.60. The first-order chi connectivity index (χ1) is 8.04. The minimum absolute atomic E-state index is 0.0224. The van der Waals surface area contributed by atoms with Crippen LogP contribution in [0.25, 0.3) is 0 Å². The van der Waals surface area contributed by atoms with Crippen molar-refractivity contribution in [3.05, 3.63) is 36.7 Å². The van der Waals surface area contributed by atoms with Crippen LogP contribution in [0.15, 0.2) is 31.1 Å². The van der Waals surface area contributed by atoms with Crippen LogP contribution >= 0.6 is 0 Å². The maximum Gasteiger partial charge on any atom is 0.337 e. The molecule has 1 aromatic rings. The Morgan fingerprint density at radius 3 is 2.88 bits per heavy atom. The Morgan fingerprint density at radius 1 is 1.59 bits per heavy atom. The molecule has 0 spiro atoms. The number of carbonyl (C=O) groups excluding carboxylic acids is 1. The second-order valence-electron chi connectivity index (χ2n) is 3.37. The zero-order valence-electron chi connectivity index (χ0n) is 9.38. The molecule has 0 aliphatic rings. The number of urea groups is 1. The Morgan fingerprint density at radius 2 is 2.29 bits per heavy atom. The summed E-state index contributed by atoms with van der Waals surface area (Å²) in [6, 6.07) is 0.990. The molecule has 0 saturated carbocycles. The van der Waals surface area contributed by atoms with E-state index in [9.17, 15) is 9.59 Å². The average Bonchev–Trinajstić information content (AvgIpc) is 2.29. The SMILES string of the molecule is C=CCN(C)C(=O)Nc1cncc(C(=O)O)c1. The normalized spacial score (nSPS) is 9.47. The predicted octanol–water partition coefficient (Wildman–Crippen LogP) is 1.43. The van der Waals surface area contributed by atoms with Gasteiger partial charge < -0.3 is 15.3 Å². The number of hydrogen-bond acceptors (Lipinski definition) is 3. The highest BCUT2D eigenvalue weighted by molar-refractivity contribution is 5.92. The number of amides is 2. The second kappa shape index (κ2) is 5.64. The van der Waals surface area contributed by atoms with E-state index in [4.69, 9.17) is 5.11 Å². The minimum Gasteiger partial charge on any atom is -0.478 e. The number of likely N-dealkylation sites (N-methyl/N-ethyl adjacent to an activating group) is 1. The number of nitrogens with zero attached hydrogens (tertiary/aromatic N) is 2. The smallest absolute Gasteiger partial charge is 0.337 e. The van der Waals surface area contributed by atoms with Crippen molar-refractivity contribution in [3.63, 3.8) is 0 Å². The molecule has 0 atom stereocenters. The van der Waals surface area contributed by atoms with Crippen molar-refractivity contribution in [2.24, 2.45) is 0 Å². The van der Waals surface area contributed by atoms with Crippen LogP contribution in [0.1, 0.15) is 10.4 Å². The van der Waals surface area contributed by atoms with Crippen LogP contribution in [-0.4, -0.2) is 40.6 Å². The molecular weight excluding hydrogens is 222 g/mol. The number of aromatic nitrogens is 1. The van der Waals surface area contributed by atoms with E-state index in [1.165, 1.54) is 23.4 Å². The monoisotopic (exact) mass is 235 g/mol. The summed E-state index contributed by atoms with van der Waals surface area (Å²) in [5, 5.41) is 11.3. The Balaban J connectivity index is 2.74. The van der Waals surface area contributed by atoms with Crippen LogP contribution in [0.3, 0.4) is 0 Å². The topological polar surface area (TPSA) is 82.5 Å². The first kappa shape index (κ1) is 12.7. The van der Waals surface area contributed by atoms with Gasteiger partial charge in [0.1, 0.15) is 0 Å². The van der Waals surface area contributed by atoms with Gasteiger partial charge in [-0.05, 0) is 6.07 Å². The second-order valence-corrected chi connectivity index (χ2v) is 3.37. The lowest BCUT2D eigenvalue weighted by atomic mass is 10.2. The number of carboxylic acids is 1. The summed E-state index contributed by atoms with van der Waals surface area (Å²) in [5.74, 6) is -1.09. The van der Waals surface area contributed by atoms with Crippen molar-refractivity contribution in [2.75, 3.05) is 18.9 Å². The lowest BCUT2D eigenvalue weighted by Crippen LogP contribution is -2.31. The zero-order valence-corrected chi connectivity index (χ0v) is 9.38. The highest BCUT2D eigenvalue weighted by Gasteiger charge is 2.09. The van der Waals surface area contributed by atoms with Crippen LogP contribution in [0, 0.1) is 0 Å². The van der Waals surface area contributed by atoms with E-state index in [1.54, 1.807) is 13.1 Å². The molecule has 6 heteroatoms. The molecule has 6 nitrogen and oxygen atoms in total. The van der Waals surface area contributed by atoms with Crippen molar-refractivity contribution in [3.8, 4) is 0 Å². The third-order valence-corrected chi connectivity index (χ3v) is 1.99. The number of pyridine rings is 1. The molecule has 0 saturated heterocycles. The van der Waals surface area contributed by atoms with Gasteiger partial charge in [-0.1, -0.05) is 6.08 Å². The Kier molecular flexibility index (Phi) is 4.21. The van der Waals surface area contributed by atoms with Crippen LogP contribution in [0.4, 0.5) is 10.5 Å². The van der Waals surface area contributed by atoms with Gasteiger partial charge in [-0.15, -0.1) is 6.58 Å². The van der Waals surface area contributed by atoms with Crippen molar-refractivity contribution < 1.29 is 14.7 Å². The quantitative estimate of drug-likeness (QED) is 0.773. The number of aromatic carboxylic acids is 1. The molecule has 2 N–H and O–H groups in total. The minimum atomic E-state index is -1.09. The average molecular weight is 235 g/mol. The van der Waals surface area contributed by atoms with E-state index in [0.29, 0.717) is 12.2 Å². The molecule has 0 aliphatic carbocycles. The standard InChI is InChI=1S/C11H13N3O3/c1-3-4-14(2)11(17)13-9-5-8(10(15)16)6-12-7-9/h3,5-7H,1,4H2,2H3,(H,13,17)(H,15,16). The molecule has 0 bridgehead atoms. The van der Waals surface area contributed by atoms with E-state index >= 15 is 0 Å². The van der Waals surface area contributed by atoms with Gasteiger partial charge in [-0.3, -0.25) is 4.98 Å². The van der Waals surface area contributed by atoms with E-state index in [-0.39, 0.29) is 11.6 Å². The number of nitrogens with one attached hydrogen (secondary N) is 1. The lowest BCUT2D eigenvalue weighted by molar-refractivity contribution is 0.0696. The van der Waals surface area contributed by atoms with Gasteiger partial charge in [0.15, 0.2) is 0 Å². The van der Waals surface area contributed by atoms with E-state index in [1.807, 2.05) is 0 Å². The fourth-order valence-electron chi connectivity index (χ4n) is 1.12. The van der Waals surface area contributed by atoms with Gasteiger partial charge in [0.05, 0.1) is 17.4 Å². The molecule has 0 unspecified atom stereocenters. The number of hydrogen-bond donors (Lipinski definition) is 2. The van der Waals surface area contributed by atoms with Crippen LogP contribution in [-0.2, 0) is 0 Å². The van der Waals surface area contributed by atoms with Gasteiger partial charge in [0, 0.05) is 19.8 Å². The number of carboxylic acid groups (broad SMARTS) is 1. The first-order valence-corrected chi connectivity index (χ1v) is 4.86. The zero-order chi connectivity index (χ0) is 12.8. The van der Waals surface area contributed by atoms with E-state index in [2.05, 4.69) is 16.9 Å². The van der Waals surface area contributed by atoms with Crippen LogP contribution in [0.5, 0.6) is 0 Å². The molecule has 1 aromatic heterocycles. The maximum absolute atomic E-state index is 11.6. The Labute approximate surface area is 98.6 Å². The fraction of sp³-hybridized carbons (Fsp3) is 0.182.